The van der Waals surface area contributed by atoms with Crippen molar-refractivity contribution < 1.29 is 0 Å². The molecular weight excluding hydrogens is 703 g/mol. The molecule has 58 heavy (non-hydrogen) atoms. The summed E-state index contributed by atoms with van der Waals surface area (Å²) in [6, 6.07) is 73.9. The Morgan fingerprint density at radius 1 is 0.345 bits per heavy atom. The molecule has 3 aromatic heterocycles. The van der Waals surface area contributed by atoms with Crippen LogP contribution in [0.3, 0.4) is 0 Å². The maximum absolute atomic E-state index is 2.49. The van der Waals surface area contributed by atoms with E-state index in [1.165, 1.54) is 93.3 Å². The molecule has 12 aromatic rings. The van der Waals surface area contributed by atoms with Crippen LogP contribution in [0.1, 0.15) is 11.1 Å². The second-order valence-corrected chi connectivity index (χ2v) is 15.7. The number of para-hydroxylation sites is 5. The van der Waals surface area contributed by atoms with Crippen LogP contribution >= 0.6 is 0 Å². The van der Waals surface area contributed by atoms with Gasteiger partial charge in [0.05, 0.1) is 27.6 Å². The Hall–Kier alpha value is -7.62. The summed E-state index contributed by atoms with van der Waals surface area (Å²) in [6.45, 7) is 0. The van der Waals surface area contributed by atoms with Crippen molar-refractivity contribution in [3.63, 3.8) is 0 Å². The van der Waals surface area contributed by atoms with E-state index in [9.17, 15) is 0 Å². The maximum atomic E-state index is 2.49. The lowest BCUT2D eigenvalue weighted by molar-refractivity contribution is 1.17. The number of fused-ring (bicyclic) bond motifs is 12. The summed E-state index contributed by atoms with van der Waals surface area (Å²) in [4.78, 5) is 2.41. The van der Waals surface area contributed by atoms with Crippen molar-refractivity contribution in [3.8, 4) is 27.9 Å². The lowest BCUT2D eigenvalue weighted by Gasteiger charge is -2.27. The van der Waals surface area contributed by atoms with Gasteiger partial charge in [-0.15, -0.1) is 0 Å². The third-order valence-corrected chi connectivity index (χ3v) is 12.7. The molecule has 0 radical (unpaired) electrons. The molecular formula is C55H35N3. The van der Waals surface area contributed by atoms with E-state index in [1.807, 2.05) is 0 Å². The molecule has 0 unspecified atom stereocenters. The van der Waals surface area contributed by atoms with Gasteiger partial charge in [0, 0.05) is 60.6 Å². The first-order valence-electron chi connectivity index (χ1n) is 20.1. The first-order valence-corrected chi connectivity index (χ1v) is 20.1. The van der Waals surface area contributed by atoms with Gasteiger partial charge in [0.1, 0.15) is 0 Å². The highest BCUT2D eigenvalue weighted by atomic mass is 15.1. The summed E-state index contributed by atoms with van der Waals surface area (Å²) in [5, 5.41) is 7.73. The molecule has 1 aliphatic carbocycles. The van der Waals surface area contributed by atoms with E-state index in [4.69, 9.17) is 0 Å². The minimum absolute atomic E-state index is 0.974. The molecule has 0 fully saturated rings. The number of nitrogens with zero attached hydrogens (tertiary/aromatic N) is 3. The van der Waals surface area contributed by atoms with Crippen LogP contribution in [0.25, 0.3) is 87.8 Å². The molecule has 9 aromatic carbocycles. The van der Waals surface area contributed by atoms with E-state index >= 15 is 0 Å². The third-order valence-electron chi connectivity index (χ3n) is 12.7. The van der Waals surface area contributed by atoms with Crippen LogP contribution in [0, 0.1) is 0 Å². The molecule has 3 nitrogen and oxygen atoms in total. The summed E-state index contributed by atoms with van der Waals surface area (Å²) in [5.41, 5.74) is 18.6. The van der Waals surface area contributed by atoms with Crippen LogP contribution < -0.4 is 4.90 Å². The molecule has 0 amide bonds. The fourth-order valence-electron chi connectivity index (χ4n) is 10.1. The predicted octanol–water partition coefficient (Wildman–Crippen LogP) is 14.6. The van der Waals surface area contributed by atoms with Gasteiger partial charge in [0.25, 0.3) is 0 Å². The van der Waals surface area contributed by atoms with Crippen molar-refractivity contribution in [2.45, 2.75) is 6.42 Å². The maximum Gasteiger partial charge on any atom is 0.0620 e. The zero-order chi connectivity index (χ0) is 37.9. The minimum atomic E-state index is 0.974. The molecule has 1 aliphatic rings. The van der Waals surface area contributed by atoms with Crippen molar-refractivity contribution in [1.82, 2.24) is 8.97 Å². The van der Waals surface area contributed by atoms with Crippen LogP contribution in [-0.4, -0.2) is 8.97 Å². The third kappa shape index (κ3) is 4.38. The number of aromatic nitrogens is 2. The van der Waals surface area contributed by atoms with Crippen LogP contribution in [0.2, 0.25) is 0 Å². The number of benzene rings is 9. The number of hydrogen-bond donors (Lipinski definition) is 0. The zero-order valence-electron chi connectivity index (χ0n) is 31.6. The standard InChI is InChI=1S/C55H35N3/c1-2-12-42-36(11-1)33-37-25-28-41(34-50(37)42)56(39-29-31-40(32-30-39)57-51-20-6-3-13-44(51)45-14-4-7-21-52(45)57)38-26-23-35(24-27-38)43-16-9-18-48-49-19-10-17-47-46-15-5-8-22-53(46)58(54(43)48)55(47)49/h1-32,34H,33H2. The lowest BCUT2D eigenvalue weighted by atomic mass is 10.0. The van der Waals surface area contributed by atoms with Crippen molar-refractivity contribution in [3.05, 3.63) is 211 Å². The highest BCUT2D eigenvalue weighted by Crippen LogP contribution is 2.45. The number of anilines is 3. The normalized spacial score (nSPS) is 12.4. The van der Waals surface area contributed by atoms with Gasteiger partial charge in [-0.1, -0.05) is 133 Å². The van der Waals surface area contributed by atoms with Gasteiger partial charge in [-0.2, -0.15) is 0 Å². The first-order chi connectivity index (χ1) is 28.8. The largest absolute Gasteiger partial charge is 0.310 e. The molecule has 0 spiro atoms. The first kappa shape index (κ1) is 31.6. The topological polar surface area (TPSA) is 12.6 Å². The zero-order valence-corrected chi connectivity index (χ0v) is 31.6. The van der Waals surface area contributed by atoms with E-state index in [-0.39, 0.29) is 0 Å². The molecule has 0 N–H and O–H groups in total. The fraction of sp³-hybridized carbons (Fsp3) is 0.0182. The fourth-order valence-corrected chi connectivity index (χ4v) is 10.1. The number of hydrogen-bond acceptors (Lipinski definition) is 1. The van der Waals surface area contributed by atoms with E-state index in [0.29, 0.717) is 0 Å². The van der Waals surface area contributed by atoms with Gasteiger partial charge >= 0.3 is 0 Å². The van der Waals surface area contributed by atoms with Gasteiger partial charge < -0.3 is 13.9 Å². The Labute approximate surface area is 335 Å². The number of rotatable bonds is 5. The van der Waals surface area contributed by atoms with Crippen molar-refractivity contribution >= 4 is 77.0 Å². The highest BCUT2D eigenvalue weighted by Gasteiger charge is 2.23. The monoisotopic (exact) mass is 737 g/mol. The summed E-state index contributed by atoms with van der Waals surface area (Å²) < 4.78 is 4.88. The molecule has 0 atom stereocenters. The second-order valence-electron chi connectivity index (χ2n) is 15.7. The Morgan fingerprint density at radius 2 is 0.845 bits per heavy atom. The van der Waals surface area contributed by atoms with Crippen molar-refractivity contribution in [2.24, 2.45) is 0 Å². The van der Waals surface area contributed by atoms with Crippen molar-refractivity contribution in [2.75, 3.05) is 4.90 Å². The minimum Gasteiger partial charge on any atom is -0.310 e. The quantitative estimate of drug-likeness (QED) is 0.171. The van der Waals surface area contributed by atoms with Gasteiger partial charge in [0.2, 0.25) is 0 Å². The molecule has 13 rings (SSSR count). The van der Waals surface area contributed by atoms with Crippen molar-refractivity contribution in [1.29, 1.82) is 0 Å². The van der Waals surface area contributed by atoms with Gasteiger partial charge in [-0.25, -0.2) is 0 Å². The van der Waals surface area contributed by atoms with Gasteiger partial charge in [0.15, 0.2) is 0 Å². The van der Waals surface area contributed by atoms with Crippen LogP contribution in [0.4, 0.5) is 17.1 Å². The molecule has 270 valence electrons. The average Bonchev–Trinajstić information content (AvgIpc) is 4.03. The molecule has 0 saturated heterocycles. The SMILES string of the molecule is c1ccc2c(c1)Cc1ccc(N(c3ccc(-c4cccc5c6cccc7c8ccccc8n(c45)c76)cc3)c3ccc(-n4c5ccccc5c5ccccc54)cc3)cc1-2. The smallest absolute Gasteiger partial charge is 0.0620 e. The van der Waals surface area contributed by atoms with Gasteiger partial charge in [-0.05, 0) is 101 Å². The highest BCUT2D eigenvalue weighted by molar-refractivity contribution is 6.25. The second kappa shape index (κ2) is 11.9. The van der Waals surface area contributed by atoms with Gasteiger partial charge in [-0.3, -0.25) is 0 Å². The summed E-state index contributed by atoms with van der Waals surface area (Å²) in [6.07, 6.45) is 0.974. The van der Waals surface area contributed by atoms with E-state index < -0.39 is 0 Å². The summed E-state index contributed by atoms with van der Waals surface area (Å²) in [7, 11) is 0. The average molecular weight is 738 g/mol. The molecule has 0 saturated carbocycles. The van der Waals surface area contributed by atoms with Crippen LogP contribution in [0.15, 0.2) is 200 Å². The Bertz CT molecular complexity index is 3530. The van der Waals surface area contributed by atoms with E-state index in [1.54, 1.807) is 0 Å². The van der Waals surface area contributed by atoms with Crippen LogP contribution in [0.5, 0.6) is 0 Å². The summed E-state index contributed by atoms with van der Waals surface area (Å²) >= 11 is 0. The Balaban J connectivity index is 0.969. The van der Waals surface area contributed by atoms with E-state index in [0.717, 1.165) is 29.2 Å². The Kier molecular flexibility index (Phi) is 6.50. The lowest BCUT2D eigenvalue weighted by Crippen LogP contribution is -2.10. The molecule has 0 bridgehead atoms. The summed E-state index contributed by atoms with van der Waals surface area (Å²) in [5.74, 6) is 0. The van der Waals surface area contributed by atoms with Crippen LogP contribution in [-0.2, 0) is 6.42 Å². The molecule has 3 heteroatoms. The van der Waals surface area contributed by atoms with E-state index in [2.05, 4.69) is 214 Å². The Morgan fingerprint density at radius 3 is 1.57 bits per heavy atom. The predicted molar refractivity (Wildman–Crippen MR) is 244 cm³/mol. The molecule has 0 aliphatic heterocycles. The molecule has 3 heterocycles.